The molecule has 2 aromatic rings. The molecule has 0 aliphatic carbocycles. The minimum Gasteiger partial charge on any atom is -0.481 e. The summed E-state index contributed by atoms with van der Waals surface area (Å²) in [6.45, 7) is 2.64. The first-order valence-corrected chi connectivity index (χ1v) is 9.34. The molecular weight excluding hydrogens is 352 g/mol. The zero-order valence-electron chi connectivity index (χ0n) is 14.3. The number of para-hydroxylation sites is 1. The topological polar surface area (TPSA) is 86.7 Å². The summed E-state index contributed by atoms with van der Waals surface area (Å²) in [5.74, 6) is -1.86. The molecule has 2 atom stereocenters. The maximum atomic E-state index is 13.0. The fourth-order valence-electron chi connectivity index (χ4n) is 3.23. The molecule has 1 aromatic carbocycles. The van der Waals surface area contributed by atoms with Gasteiger partial charge in [-0.25, -0.2) is 0 Å². The summed E-state index contributed by atoms with van der Waals surface area (Å²) in [5, 5.41) is 15.6. The van der Waals surface area contributed by atoms with Crippen molar-refractivity contribution >= 4 is 34.8 Å². The molecule has 1 aromatic heterocycles. The van der Waals surface area contributed by atoms with Gasteiger partial charge in [0.15, 0.2) is 0 Å². The van der Waals surface area contributed by atoms with Crippen LogP contribution in [0.2, 0.25) is 0 Å². The highest BCUT2D eigenvalue weighted by molar-refractivity contribution is 7.08. The Hall–Kier alpha value is -2.67. The lowest BCUT2D eigenvalue weighted by Gasteiger charge is -2.35. The number of benzene rings is 1. The zero-order valence-corrected chi connectivity index (χ0v) is 15.2. The number of aliphatic carboxylic acids is 1. The number of piperidine rings is 1. The molecule has 0 saturated carbocycles. The van der Waals surface area contributed by atoms with Gasteiger partial charge in [0.2, 0.25) is 0 Å². The summed E-state index contributed by atoms with van der Waals surface area (Å²) in [4.78, 5) is 38.2. The Morgan fingerprint density at radius 1 is 1.19 bits per heavy atom. The van der Waals surface area contributed by atoms with Gasteiger partial charge in [0.05, 0.1) is 22.7 Å². The highest BCUT2D eigenvalue weighted by atomic mass is 32.1. The van der Waals surface area contributed by atoms with Crippen molar-refractivity contribution < 1.29 is 19.5 Å². The van der Waals surface area contributed by atoms with Gasteiger partial charge in [-0.3, -0.25) is 14.4 Å². The van der Waals surface area contributed by atoms with Crippen molar-refractivity contribution in [3.8, 4) is 0 Å². The number of amides is 2. The number of hydrogen-bond acceptors (Lipinski definition) is 4. The van der Waals surface area contributed by atoms with Crippen LogP contribution in [-0.2, 0) is 4.79 Å². The average molecular weight is 372 g/mol. The van der Waals surface area contributed by atoms with Gasteiger partial charge < -0.3 is 15.3 Å². The molecule has 2 unspecified atom stereocenters. The summed E-state index contributed by atoms with van der Waals surface area (Å²) >= 11 is 1.42. The number of carbonyl (C=O) groups excluding carboxylic acids is 2. The van der Waals surface area contributed by atoms with Gasteiger partial charge in [-0.15, -0.1) is 0 Å². The first-order chi connectivity index (χ1) is 12.5. The van der Waals surface area contributed by atoms with E-state index in [4.69, 9.17) is 0 Å². The van der Waals surface area contributed by atoms with Gasteiger partial charge in [-0.1, -0.05) is 19.1 Å². The Kier molecular flexibility index (Phi) is 5.37. The molecule has 1 fully saturated rings. The normalized spacial score (nSPS) is 19.8. The predicted molar refractivity (Wildman–Crippen MR) is 99.5 cm³/mol. The number of carboxylic acid groups (broad SMARTS) is 1. The molecular formula is C19H20N2O4S. The van der Waals surface area contributed by atoms with E-state index in [0.717, 1.165) is 0 Å². The lowest BCUT2D eigenvalue weighted by Crippen LogP contribution is -2.45. The van der Waals surface area contributed by atoms with E-state index in [9.17, 15) is 19.5 Å². The largest absolute Gasteiger partial charge is 0.481 e. The number of carboxylic acids is 1. The van der Waals surface area contributed by atoms with Crippen LogP contribution >= 0.6 is 11.3 Å². The van der Waals surface area contributed by atoms with E-state index < -0.39 is 11.9 Å². The minimum atomic E-state index is -0.881. The molecule has 26 heavy (non-hydrogen) atoms. The first-order valence-electron chi connectivity index (χ1n) is 8.40. The van der Waals surface area contributed by atoms with Crippen LogP contribution in [0.5, 0.6) is 0 Å². The molecule has 0 bridgehead atoms. The third kappa shape index (κ3) is 3.94. The highest BCUT2D eigenvalue weighted by Crippen LogP contribution is 2.26. The van der Waals surface area contributed by atoms with Crippen molar-refractivity contribution in [2.75, 3.05) is 18.4 Å². The predicted octanol–water partition coefficient (Wildman–Crippen LogP) is 3.18. The molecule has 1 saturated heterocycles. The lowest BCUT2D eigenvalue weighted by molar-refractivity contribution is -0.143. The number of likely N-dealkylation sites (tertiary alicyclic amines) is 1. The summed E-state index contributed by atoms with van der Waals surface area (Å²) in [7, 11) is 0. The van der Waals surface area contributed by atoms with Gasteiger partial charge in [0.25, 0.3) is 11.8 Å². The monoisotopic (exact) mass is 372 g/mol. The number of nitrogens with one attached hydrogen (secondary N) is 1. The van der Waals surface area contributed by atoms with Crippen LogP contribution in [0.4, 0.5) is 5.69 Å². The molecule has 3 rings (SSSR count). The van der Waals surface area contributed by atoms with Crippen LogP contribution < -0.4 is 5.32 Å². The van der Waals surface area contributed by atoms with E-state index in [1.54, 1.807) is 40.6 Å². The van der Waals surface area contributed by atoms with Gasteiger partial charge in [0.1, 0.15) is 0 Å². The Morgan fingerprint density at radius 2 is 1.96 bits per heavy atom. The van der Waals surface area contributed by atoms with E-state index in [-0.39, 0.29) is 24.3 Å². The maximum absolute atomic E-state index is 13.0. The third-order valence-corrected chi connectivity index (χ3v) is 5.17. The standard InChI is InChI=1S/C19H20N2O4S/c1-12-8-14(19(24)25)10-21(9-12)18(23)15-4-2-3-5-16(15)20-17(22)13-6-7-26-11-13/h2-7,11-12,14H,8-10H2,1H3,(H,20,22)(H,24,25). The second-order valence-corrected chi connectivity index (χ2v) is 7.38. The summed E-state index contributed by atoms with van der Waals surface area (Å²) < 4.78 is 0. The van der Waals surface area contributed by atoms with Crippen molar-refractivity contribution in [3.05, 3.63) is 52.2 Å². The third-order valence-electron chi connectivity index (χ3n) is 4.49. The Morgan fingerprint density at radius 3 is 2.65 bits per heavy atom. The number of thiophene rings is 1. The van der Waals surface area contributed by atoms with Crippen LogP contribution in [0.25, 0.3) is 0 Å². The molecule has 1 aliphatic heterocycles. The molecule has 0 radical (unpaired) electrons. The SMILES string of the molecule is CC1CC(C(=O)O)CN(C(=O)c2ccccc2NC(=O)c2ccsc2)C1. The number of hydrogen-bond donors (Lipinski definition) is 2. The fourth-order valence-corrected chi connectivity index (χ4v) is 3.87. The zero-order chi connectivity index (χ0) is 18.7. The van der Waals surface area contributed by atoms with E-state index in [1.807, 2.05) is 12.3 Å². The summed E-state index contributed by atoms with van der Waals surface area (Å²) in [5.41, 5.74) is 1.34. The van der Waals surface area contributed by atoms with Crippen molar-refractivity contribution in [1.29, 1.82) is 0 Å². The second kappa shape index (κ2) is 7.70. The quantitative estimate of drug-likeness (QED) is 0.863. The van der Waals surface area contributed by atoms with E-state index >= 15 is 0 Å². The average Bonchev–Trinajstić information content (AvgIpc) is 3.16. The van der Waals surface area contributed by atoms with Crippen LogP contribution in [0.15, 0.2) is 41.1 Å². The van der Waals surface area contributed by atoms with E-state index in [1.165, 1.54) is 11.3 Å². The van der Waals surface area contributed by atoms with Gasteiger partial charge >= 0.3 is 5.97 Å². The van der Waals surface area contributed by atoms with Crippen molar-refractivity contribution in [2.45, 2.75) is 13.3 Å². The van der Waals surface area contributed by atoms with E-state index in [0.29, 0.717) is 29.8 Å². The van der Waals surface area contributed by atoms with E-state index in [2.05, 4.69) is 5.32 Å². The van der Waals surface area contributed by atoms with Crippen molar-refractivity contribution in [2.24, 2.45) is 11.8 Å². The summed E-state index contributed by atoms with van der Waals surface area (Å²) in [6, 6.07) is 8.53. The minimum absolute atomic E-state index is 0.112. The lowest BCUT2D eigenvalue weighted by atomic mass is 9.90. The fraction of sp³-hybridized carbons (Fsp3) is 0.316. The molecule has 2 amide bonds. The molecule has 7 heteroatoms. The number of rotatable bonds is 4. The van der Waals surface area contributed by atoms with Crippen molar-refractivity contribution in [3.63, 3.8) is 0 Å². The number of carbonyl (C=O) groups is 3. The number of nitrogens with zero attached hydrogens (tertiary/aromatic N) is 1. The van der Waals surface area contributed by atoms with Gasteiger partial charge in [0, 0.05) is 18.5 Å². The van der Waals surface area contributed by atoms with Crippen LogP contribution in [-0.4, -0.2) is 40.9 Å². The van der Waals surface area contributed by atoms with Gasteiger partial charge in [-0.05, 0) is 35.9 Å². The highest BCUT2D eigenvalue weighted by Gasteiger charge is 2.33. The smallest absolute Gasteiger partial charge is 0.308 e. The molecule has 2 heterocycles. The second-order valence-electron chi connectivity index (χ2n) is 6.60. The Bertz CT molecular complexity index is 819. The Labute approximate surface area is 155 Å². The van der Waals surface area contributed by atoms with Crippen LogP contribution in [0.3, 0.4) is 0 Å². The molecule has 0 spiro atoms. The van der Waals surface area contributed by atoms with Crippen LogP contribution in [0.1, 0.15) is 34.1 Å². The molecule has 6 nitrogen and oxygen atoms in total. The number of anilines is 1. The molecule has 136 valence electrons. The van der Waals surface area contributed by atoms with Crippen LogP contribution in [0, 0.1) is 11.8 Å². The summed E-state index contributed by atoms with van der Waals surface area (Å²) in [6.07, 6.45) is 0.565. The molecule has 2 N–H and O–H groups in total. The van der Waals surface area contributed by atoms with Gasteiger partial charge in [-0.2, -0.15) is 11.3 Å². The maximum Gasteiger partial charge on any atom is 0.308 e. The van der Waals surface area contributed by atoms with Crippen molar-refractivity contribution in [1.82, 2.24) is 4.90 Å². The Balaban J connectivity index is 1.81. The molecule has 1 aliphatic rings. The first kappa shape index (κ1) is 18.1.